The van der Waals surface area contributed by atoms with Crippen molar-refractivity contribution < 1.29 is 22.7 Å². The van der Waals surface area contributed by atoms with Gasteiger partial charge in [-0.2, -0.15) is 0 Å². The molecule has 9 heteroatoms. The van der Waals surface area contributed by atoms with Crippen LogP contribution in [0.1, 0.15) is 26.3 Å². The van der Waals surface area contributed by atoms with Gasteiger partial charge in [0.15, 0.2) is 0 Å². The number of hydrogen-bond donors (Lipinski definition) is 2. The molecule has 0 saturated carbocycles. The Labute approximate surface area is 221 Å². The summed E-state index contributed by atoms with van der Waals surface area (Å²) >= 11 is 0. The average Bonchev–Trinajstić information content (AvgIpc) is 2.96. The molecular formula is C29H27N3O5S. The van der Waals surface area contributed by atoms with E-state index in [9.17, 15) is 18.0 Å². The first-order valence-corrected chi connectivity index (χ1v) is 13.2. The molecule has 194 valence electrons. The van der Waals surface area contributed by atoms with Crippen LogP contribution in [-0.2, 0) is 16.6 Å². The van der Waals surface area contributed by atoms with Crippen molar-refractivity contribution >= 4 is 33.2 Å². The molecule has 0 atom stereocenters. The number of amides is 2. The van der Waals surface area contributed by atoms with Crippen molar-refractivity contribution in [2.75, 3.05) is 23.8 Å². The molecule has 8 nitrogen and oxygen atoms in total. The first kappa shape index (κ1) is 26.4. The number of ether oxygens (including phenoxy) is 1. The molecule has 0 heterocycles. The summed E-state index contributed by atoms with van der Waals surface area (Å²) in [7, 11) is -0.857. The molecule has 2 amide bonds. The highest BCUT2D eigenvalue weighted by Crippen LogP contribution is 2.24. The topological polar surface area (TPSA) is 105 Å². The highest BCUT2D eigenvalue weighted by molar-refractivity contribution is 7.92. The summed E-state index contributed by atoms with van der Waals surface area (Å²) in [5.74, 6) is -0.191. The third kappa shape index (κ3) is 6.01. The number of benzene rings is 4. The Bertz CT molecular complexity index is 1520. The van der Waals surface area contributed by atoms with E-state index in [0.29, 0.717) is 34.8 Å². The van der Waals surface area contributed by atoms with Gasteiger partial charge in [-0.15, -0.1) is 0 Å². The van der Waals surface area contributed by atoms with E-state index in [1.807, 2.05) is 30.3 Å². The second-order valence-electron chi connectivity index (χ2n) is 8.36. The van der Waals surface area contributed by atoms with E-state index < -0.39 is 15.9 Å². The summed E-state index contributed by atoms with van der Waals surface area (Å²) in [6, 6.07) is 28.5. The summed E-state index contributed by atoms with van der Waals surface area (Å²) in [6.07, 6.45) is 0. The lowest BCUT2D eigenvalue weighted by molar-refractivity contribution is 0.0951. The van der Waals surface area contributed by atoms with Crippen LogP contribution >= 0.6 is 0 Å². The van der Waals surface area contributed by atoms with Crippen molar-refractivity contribution in [1.82, 2.24) is 5.32 Å². The Morgan fingerprint density at radius 2 is 1.42 bits per heavy atom. The van der Waals surface area contributed by atoms with Gasteiger partial charge in [0.25, 0.3) is 21.8 Å². The van der Waals surface area contributed by atoms with Crippen LogP contribution in [0.5, 0.6) is 5.75 Å². The number of hydrogen-bond acceptors (Lipinski definition) is 5. The van der Waals surface area contributed by atoms with E-state index in [1.54, 1.807) is 48.5 Å². The zero-order valence-corrected chi connectivity index (χ0v) is 21.7. The summed E-state index contributed by atoms with van der Waals surface area (Å²) in [5.41, 5.74) is 2.35. The minimum absolute atomic E-state index is 0.116. The zero-order chi connectivity index (χ0) is 27.1. The van der Waals surface area contributed by atoms with Gasteiger partial charge in [-0.25, -0.2) is 8.42 Å². The number of carbonyl (C=O) groups excluding carboxylic acids is 2. The normalized spacial score (nSPS) is 10.9. The molecular weight excluding hydrogens is 502 g/mol. The summed E-state index contributed by atoms with van der Waals surface area (Å²) in [4.78, 5) is 25.8. The fraction of sp³-hybridized carbons (Fsp3) is 0.103. The number of methoxy groups -OCH3 is 1. The van der Waals surface area contributed by atoms with Crippen LogP contribution in [0, 0.1) is 0 Å². The second-order valence-corrected chi connectivity index (χ2v) is 10.3. The van der Waals surface area contributed by atoms with Gasteiger partial charge in [0, 0.05) is 19.2 Å². The maximum absolute atomic E-state index is 13.0. The van der Waals surface area contributed by atoms with Crippen LogP contribution in [0.2, 0.25) is 0 Å². The van der Waals surface area contributed by atoms with E-state index in [2.05, 4.69) is 10.6 Å². The predicted octanol–water partition coefficient (Wildman–Crippen LogP) is 4.70. The molecule has 4 aromatic carbocycles. The maximum Gasteiger partial charge on any atom is 0.264 e. The van der Waals surface area contributed by atoms with E-state index in [1.165, 1.54) is 38.4 Å². The molecule has 0 aliphatic carbocycles. The zero-order valence-electron chi connectivity index (χ0n) is 20.9. The number of nitrogens with one attached hydrogen (secondary N) is 2. The third-order valence-corrected chi connectivity index (χ3v) is 7.73. The van der Waals surface area contributed by atoms with E-state index in [4.69, 9.17) is 4.74 Å². The molecule has 0 bridgehead atoms. The minimum Gasteiger partial charge on any atom is -0.497 e. The standard InChI is InChI=1S/C29H27N3O5S/c1-32(38(35,36)25-18-16-24(37-2)17-19-25)23-14-12-22(13-15-23)28(33)31-27-11-7-6-10-26(27)29(34)30-20-21-8-4-3-5-9-21/h3-19H,20H2,1-2H3,(H,30,34)(H,31,33). The monoisotopic (exact) mass is 529 g/mol. The third-order valence-electron chi connectivity index (χ3n) is 5.93. The Hall–Kier alpha value is -4.63. The van der Waals surface area contributed by atoms with Gasteiger partial charge in [0.2, 0.25) is 0 Å². The summed E-state index contributed by atoms with van der Waals surface area (Å²) in [6.45, 7) is 0.358. The SMILES string of the molecule is COc1ccc(S(=O)(=O)N(C)c2ccc(C(=O)Nc3ccccc3C(=O)NCc3ccccc3)cc2)cc1. The van der Waals surface area contributed by atoms with Gasteiger partial charge in [-0.1, -0.05) is 42.5 Å². The Kier molecular flexibility index (Phi) is 8.08. The van der Waals surface area contributed by atoms with Gasteiger partial charge in [0.05, 0.1) is 28.9 Å². The molecule has 0 radical (unpaired) electrons. The number of sulfonamides is 1. The number of carbonyl (C=O) groups is 2. The summed E-state index contributed by atoms with van der Waals surface area (Å²) in [5, 5.41) is 5.64. The molecule has 0 aliphatic rings. The van der Waals surface area contributed by atoms with Crippen molar-refractivity contribution in [2.24, 2.45) is 0 Å². The average molecular weight is 530 g/mol. The van der Waals surface area contributed by atoms with Gasteiger partial charge in [-0.05, 0) is 66.2 Å². The van der Waals surface area contributed by atoms with Gasteiger partial charge >= 0.3 is 0 Å². The van der Waals surface area contributed by atoms with Gasteiger partial charge in [-0.3, -0.25) is 13.9 Å². The van der Waals surface area contributed by atoms with E-state index in [-0.39, 0.29) is 10.8 Å². The molecule has 4 aromatic rings. The van der Waals surface area contributed by atoms with Crippen LogP contribution in [0.15, 0.2) is 108 Å². The van der Waals surface area contributed by atoms with E-state index >= 15 is 0 Å². The van der Waals surface area contributed by atoms with Gasteiger partial charge < -0.3 is 15.4 Å². The number of anilines is 2. The fourth-order valence-corrected chi connectivity index (χ4v) is 4.92. The smallest absolute Gasteiger partial charge is 0.264 e. The second kappa shape index (κ2) is 11.6. The molecule has 0 aliphatic heterocycles. The molecule has 0 unspecified atom stereocenters. The fourth-order valence-electron chi connectivity index (χ4n) is 3.73. The number of para-hydroxylation sites is 1. The van der Waals surface area contributed by atoms with Crippen molar-refractivity contribution in [3.63, 3.8) is 0 Å². The van der Waals surface area contributed by atoms with Crippen molar-refractivity contribution in [3.8, 4) is 5.75 Å². The molecule has 0 saturated heterocycles. The first-order valence-electron chi connectivity index (χ1n) is 11.7. The highest BCUT2D eigenvalue weighted by atomic mass is 32.2. The van der Waals surface area contributed by atoms with Crippen molar-refractivity contribution in [1.29, 1.82) is 0 Å². The lowest BCUT2D eigenvalue weighted by Crippen LogP contribution is -2.26. The Morgan fingerprint density at radius 3 is 2.08 bits per heavy atom. The van der Waals surface area contributed by atoms with Crippen LogP contribution in [0.3, 0.4) is 0 Å². The minimum atomic E-state index is -3.81. The molecule has 0 spiro atoms. The maximum atomic E-state index is 13.0. The van der Waals surface area contributed by atoms with Crippen molar-refractivity contribution in [3.05, 3.63) is 120 Å². The number of nitrogens with zero attached hydrogens (tertiary/aromatic N) is 1. The van der Waals surface area contributed by atoms with Crippen LogP contribution < -0.4 is 19.7 Å². The predicted molar refractivity (Wildman–Crippen MR) is 147 cm³/mol. The molecule has 38 heavy (non-hydrogen) atoms. The number of rotatable bonds is 9. The molecule has 0 aromatic heterocycles. The largest absolute Gasteiger partial charge is 0.497 e. The van der Waals surface area contributed by atoms with Crippen LogP contribution in [0.4, 0.5) is 11.4 Å². The molecule has 0 fully saturated rings. The lowest BCUT2D eigenvalue weighted by Gasteiger charge is -2.20. The van der Waals surface area contributed by atoms with Crippen molar-refractivity contribution in [2.45, 2.75) is 11.4 Å². The lowest BCUT2D eigenvalue weighted by atomic mass is 10.1. The quantitative estimate of drug-likeness (QED) is 0.327. The van der Waals surface area contributed by atoms with Crippen LogP contribution in [0.25, 0.3) is 0 Å². The van der Waals surface area contributed by atoms with E-state index in [0.717, 1.165) is 9.87 Å². The molecule has 4 rings (SSSR count). The first-order chi connectivity index (χ1) is 18.3. The van der Waals surface area contributed by atoms with Crippen LogP contribution in [-0.4, -0.2) is 34.4 Å². The Balaban J connectivity index is 1.45. The Morgan fingerprint density at radius 1 is 0.789 bits per heavy atom. The highest BCUT2D eigenvalue weighted by Gasteiger charge is 2.22. The summed E-state index contributed by atoms with van der Waals surface area (Å²) < 4.78 is 32.2. The van der Waals surface area contributed by atoms with Gasteiger partial charge in [0.1, 0.15) is 5.75 Å². The molecule has 2 N–H and O–H groups in total.